The summed E-state index contributed by atoms with van der Waals surface area (Å²) in [4.78, 5) is 2.34. The second-order valence-electron chi connectivity index (χ2n) is 9.89. The molecule has 0 saturated carbocycles. The first kappa shape index (κ1) is 28.1. The van der Waals surface area contributed by atoms with Crippen molar-refractivity contribution in [2.75, 3.05) is 45.6 Å². The van der Waals surface area contributed by atoms with Crippen LogP contribution in [0.1, 0.15) is 23.2 Å². The number of halogens is 4. The van der Waals surface area contributed by atoms with Crippen molar-refractivity contribution < 1.29 is 26.3 Å². The monoisotopic (exact) mass is 582 g/mol. The van der Waals surface area contributed by atoms with Crippen molar-refractivity contribution in [1.82, 2.24) is 19.0 Å². The fraction of sp³-hybridized carbons (Fsp3) is 0.444. The lowest BCUT2D eigenvalue weighted by atomic mass is 9.95. The van der Waals surface area contributed by atoms with Gasteiger partial charge in [0.05, 0.1) is 30.7 Å². The predicted molar refractivity (Wildman–Crippen MR) is 144 cm³/mol. The predicted octanol–water partition coefficient (Wildman–Crippen LogP) is 4.93. The second-order valence-corrected chi connectivity index (χ2v) is 12.3. The van der Waals surface area contributed by atoms with Gasteiger partial charge in [-0.05, 0) is 30.2 Å². The van der Waals surface area contributed by atoms with E-state index in [9.17, 15) is 21.6 Å². The summed E-state index contributed by atoms with van der Waals surface area (Å²) in [6.07, 6.45) is -2.01. The molecule has 3 aromatic rings. The molecule has 12 heteroatoms. The first-order chi connectivity index (χ1) is 18.5. The van der Waals surface area contributed by atoms with E-state index in [1.807, 2.05) is 4.68 Å². The molecule has 0 aliphatic carbocycles. The lowest BCUT2D eigenvalue weighted by molar-refractivity contribution is -0.137. The number of nitrogens with zero attached hydrogens (tertiary/aromatic N) is 4. The fourth-order valence-electron chi connectivity index (χ4n) is 5.28. The molecule has 1 saturated heterocycles. The van der Waals surface area contributed by atoms with Gasteiger partial charge < -0.3 is 4.74 Å². The molecule has 0 radical (unpaired) electrons. The van der Waals surface area contributed by atoms with E-state index in [1.165, 1.54) is 22.7 Å². The van der Waals surface area contributed by atoms with Crippen molar-refractivity contribution >= 4 is 21.6 Å². The van der Waals surface area contributed by atoms with Crippen molar-refractivity contribution in [3.05, 3.63) is 64.3 Å². The number of fused-ring (bicyclic) bond motifs is 1. The molecule has 1 aromatic heterocycles. The third kappa shape index (κ3) is 6.17. The van der Waals surface area contributed by atoms with Gasteiger partial charge in [0.2, 0.25) is 10.0 Å². The average Bonchev–Trinajstić information content (AvgIpc) is 3.26. The molecule has 3 heterocycles. The van der Waals surface area contributed by atoms with Gasteiger partial charge in [0, 0.05) is 73.1 Å². The number of rotatable bonds is 7. The largest absolute Gasteiger partial charge is 0.417 e. The van der Waals surface area contributed by atoms with Gasteiger partial charge in [-0.3, -0.25) is 9.58 Å². The number of hydrogen-bond acceptors (Lipinski definition) is 5. The van der Waals surface area contributed by atoms with Crippen LogP contribution in [-0.2, 0) is 40.4 Å². The molecule has 1 fully saturated rings. The molecule has 0 bridgehead atoms. The van der Waals surface area contributed by atoms with Crippen LogP contribution < -0.4 is 0 Å². The summed E-state index contributed by atoms with van der Waals surface area (Å²) in [5.74, 6) is 0. The van der Waals surface area contributed by atoms with Gasteiger partial charge in [-0.25, -0.2) is 8.42 Å². The van der Waals surface area contributed by atoms with E-state index in [1.54, 1.807) is 24.3 Å². The van der Waals surface area contributed by atoms with Crippen LogP contribution in [0.4, 0.5) is 13.2 Å². The van der Waals surface area contributed by atoms with Crippen molar-refractivity contribution in [2.24, 2.45) is 0 Å². The Kier molecular flexibility index (Phi) is 8.08. The van der Waals surface area contributed by atoms with E-state index in [-0.39, 0.29) is 22.7 Å². The molecule has 0 N–H and O–H groups in total. The summed E-state index contributed by atoms with van der Waals surface area (Å²) in [5, 5.41) is 5.07. The Morgan fingerprint density at radius 1 is 1.03 bits per heavy atom. The third-order valence-electron chi connectivity index (χ3n) is 7.28. The first-order valence-corrected chi connectivity index (χ1v) is 15.1. The van der Waals surface area contributed by atoms with Crippen LogP contribution in [0.5, 0.6) is 0 Å². The van der Waals surface area contributed by atoms with Crippen LogP contribution in [0.3, 0.4) is 0 Å². The smallest absolute Gasteiger partial charge is 0.379 e. The SMILES string of the molecule is CS(=O)(=O)N1CCc2c(c(-c3ccc(Cl)c(-c4ccccc4C(F)(F)F)c3)nn2CCCN2CCOCC2)C1. The van der Waals surface area contributed by atoms with E-state index in [2.05, 4.69) is 4.90 Å². The Hall–Kier alpha value is -2.44. The van der Waals surface area contributed by atoms with E-state index in [0.29, 0.717) is 30.8 Å². The lowest BCUT2D eigenvalue weighted by Gasteiger charge is -2.27. The summed E-state index contributed by atoms with van der Waals surface area (Å²) in [6.45, 7) is 5.27. The molecular weight excluding hydrogens is 553 g/mol. The second kappa shape index (κ2) is 11.2. The van der Waals surface area contributed by atoms with Crippen LogP contribution in [0.2, 0.25) is 5.02 Å². The minimum absolute atomic E-state index is 0.0200. The minimum Gasteiger partial charge on any atom is -0.379 e. The van der Waals surface area contributed by atoms with E-state index < -0.39 is 21.8 Å². The van der Waals surface area contributed by atoms with Gasteiger partial charge in [-0.2, -0.15) is 22.6 Å². The third-order valence-corrected chi connectivity index (χ3v) is 8.86. The summed E-state index contributed by atoms with van der Waals surface area (Å²) < 4.78 is 74.9. The van der Waals surface area contributed by atoms with Crippen molar-refractivity contribution in [3.8, 4) is 22.4 Å². The van der Waals surface area contributed by atoms with Crippen LogP contribution >= 0.6 is 11.6 Å². The van der Waals surface area contributed by atoms with E-state index in [4.69, 9.17) is 21.4 Å². The first-order valence-electron chi connectivity index (χ1n) is 12.8. The van der Waals surface area contributed by atoms with Crippen molar-refractivity contribution in [1.29, 1.82) is 0 Å². The molecule has 0 amide bonds. The number of benzene rings is 2. The average molecular weight is 583 g/mol. The molecule has 0 spiro atoms. The molecule has 210 valence electrons. The number of sulfonamides is 1. The standard InChI is InChI=1S/C27H30ClF3N4O3S/c1-39(36,37)34-12-9-25-22(18-34)26(32-35(25)11-4-10-33-13-15-38-16-14-33)19-7-8-24(28)21(17-19)20-5-2-3-6-23(20)27(29,30)31/h2-3,5-8,17H,4,9-16,18H2,1H3. The highest BCUT2D eigenvalue weighted by Gasteiger charge is 2.34. The highest BCUT2D eigenvalue weighted by atomic mass is 35.5. The summed E-state index contributed by atoms with van der Waals surface area (Å²) in [7, 11) is -3.44. The minimum atomic E-state index is -4.55. The topological polar surface area (TPSA) is 67.7 Å². The molecule has 5 rings (SSSR count). The maximum absolute atomic E-state index is 13.8. The molecule has 7 nitrogen and oxygen atoms in total. The number of aromatic nitrogens is 2. The van der Waals surface area contributed by atoms with E-state index >= 15 is 0 Å². The summed E-state index contributed by atoms with van der Waals surface area (Å²) >= 11 is 6.42. The zero-order chi connectivity index (χ0) is 27.8. The normalized spacial score (nSPS) is 17.4. The van der Waals surface area contributed by atoms with Gasteiger partial charge >= 0.3 is 6.18 Å². The van der Waals surface area contributed by atoms with Crippen LogP contribution in [0.15, 0.2) is 42.5 Å². The van der Waals surface area contributed by atoms with Gasteiger partial charge in [0.1, 0.15) is 0 Å². The highest BCUT2D eigenvalue weighted by molar-refractivity contribution is 7.88. The zero-order valence-corrected chi connectivity index (χ0v) is 23.1. The van der Waals surface area contributed by atoms with Crippen LogP contribution in [0.25, 0.3) is 22.4 Å². The van der Waals surface area contributed by atoms with Crippen LogP contribution in [0, 0.1) is 0 Å². The van der Waals surface area contributed by atoms with E-state index in [0.717, 1.165) is 56.6 Å². The van der Waals surface area contributed by atoms with Crippen LogP contribution in [-0.4, -0.2) is 73.1 Å². The Morgan fingerprint density at radius 2 is 1.77 bits per heavy atom. The highest BCUT2D eigenvalue weighted by Crippen LogP contribution is 2.41. The fourth-order valence-corrected chi connectivity index (χ4v) is 6.28. The molecule has 39 heavy (non-hydrogen) atoms. The molecule has 0 atom stereocenters. The Labute approximate surface area is 231 Å². The quantitative estimate of drug-likeness (QED) is 0.395. The van der Waals surface area contributed by atoms with Gasteiger partial charge in [0.15, 0.2) is 0 Å². The summed E-state index contributed by atoms with van der Waals surface area (Å²) in [6, 6.07) is 10.2. The van der Waals surface area contributed by atoms with Gasteiger partial charge in [0.25, 0.3) is 0 Å². The number of ether oxygens (including phenoxy) is 1. The van der Waals surface area contributed by atoms with Gasteiger partial charge in [-0.1, -0.05) is 35.9 Å². The number of aryl methyl sites for hydroxylation is 1. The molecule has 2 aliphatic heterocycles. The number of alkyl halides is 3. The molecule has 2 aliphatic rings. The molecular formula is C27H30ClF3N4O3S. The molecule has 0 unspecified atom stereocenters. The zero-order valence-electron chi connectivity index (χ0n) is 21.5. The van der Waals surface area contributed by atoms with Crippen molar-refractivity contribution in [3.63, 3.8) is 0 Å². The van der Waals surface area contributed by atoms with Crippen molar-refractivity contribution in [2.45, 2.75) is 32.1 Å². The molecule has 2 aromatic carbocycles. The number of hydrogen-bond donors (Lipinski definition) is 0. The Morgan fingerprint density at radius 3 is 2.49 bits per heavy atom. The Bertz CT molecular complexity index is 1450. The maximum Gasteiger partial charge on any atom is 0.417 e. The maximum atomic E-state index is 13.8. The Balaban J connectivity index is 1.53. The number of morpholine rings is 1. The van der Waals surface area contributed by atoms with Gasteiger partial charge in [-0.15, -0.1) is 0 Å². The summed E-state index contributed by atoms with van der Waals surface area (Å²) in [5.41, 5.74) is 2.33. The lowest BCUT2D eigenvalue weighted by Crippen LogP contribution is -2.37.